The second-order valence-electron chi connectivity index (χ2n) is 6.72. The Bertz CT molecular complexity index is 505. The Morgan fingerprint density at radius 1 is 1.26 bits per heavy atom. The summed E-state index contributed by atoms with van der Waals surface area (Å²) in [4.78, 5) is 21.1. The van der Waals surface area contributed by atoms with Crippen LogP contribution in [0.1, 0.15) is 18.2 Å². The summed E-state index contributed by atoms with van der Waals surface area (Å²) in [5.41, 5.74) is 2.00. The van der Waals surface area contributed by atoms with Crippen LogP contribution >= 0.6 is 0 Å². The number of nitrogens with one attached hydrogen (secondary N) is 2. The summed E-state index contributed by atoms with van der Waals surface area (Å²) in [7, 11) is 2.16. The number of pyridine rings is 1. The Kier molecular flexibility index (Phi) is 6.36. The van der Waals surface area contributed by atoms with E-state index in [1.165, 1.54) is 0 Å². The minimum Gasteiger partial charge on any atom is -0.338 e. The lowest BCUT2D eigenvalue weighted by Gasteiger charge is -2.33. The number of anilines is 1. The van der Waals surface area contributed by atoms with Gasteiger partial charge in [-0.3, -0.25) is 5.32 Å². The highest BCUT2D eigenvalue weighted by molar-refractivity contribution is 5.88. The number of likely N-dealkylation sites (N-methyl/N-ethyl adjacent to an activating group) is 1. The maximum absolute atomic E-state index is 12.0. The largest absolute Gasteiger partial charge is 0.338 e. The molecule has 1 aromatic rings. The molecule has 6 heteroatoms. The van der Waals surface area contributed by atoms with E-state index in [1.54, 1.807) is 0 Å². The van der Waals surface area contributed by atoms with Gasteiger partial charge in [0, 0.05) is 45.0 Å². The molecule has 6 nitrogen and oxygen atoms in total. The van der Waals surface area contributed by atoms with Crippen molar-refractivity contribution < 1.29 is 4.79 Å². The number of hydrogen-bond donors (Lipinski definition) is 2. The predicted molar refractivity (Wildman–Crippen MR) is 93.8 cm³/mol. The van der Waals surface area contributed by atoms with Gasteiger partial charge < -0.3 is 15.1 Å². The Labute approximate surface area is 139 Å². The molecule has 2 N–H and O–H groups in total. The van der Waals surface area contributed by atoms with Gasteiger partial charge >= 0.3 is 6.03 Å². The summed E-state index contributed by atoms with van der Waals surface area (Å²) in [5, 5.41) is 5.75. The van der Waals surface area contributed by atoms with E-state index in [9.17, 15) is 4.79 Å². The van der Waals surface area contributed by atoms with E-state index >= 15 is 0 Å². The topological polar surface area (TPSA) is 60.5 Å². The van der Waals surface area contributed by atoms with E-state index < -0.39 is 0 Å². The van der Waals surface area contributed by atoms with Crippen LogP contribution in [-0.2, 0) is 0 Å². The molecule has 128 valence electrons. The molecule has 0 aliphatic carbocycles. The van der Waals surface area contributed by atoms with Crippen molar-refractivity contribution in [3.63, 3.8) is 0 Å². The van der Waals surface area contributed by atoms with E-state index in [0.29, 0.717) is 18.3 Å². The number of nitrogens with zero attached hydrogens (tertiary/aromatic N) is 3. The van der Waals surface area contributed by atoms with E-state index in [2.05, 4.69) is 39.4 Å². The van der Waals surface area contributed by atoms with Gasteiger partial charge in [-0.1, -0.05) is 6.92 Å². The molecule has 23 heavy (non-hydrogen) atoms. The maximum Gasteiger partial charge on any atom is 0.320 e. The number of carbonyl (C=O) groups excluding carboxylic acids is 1. The van der Waals surface area contributed by atoms with Crippen molar-refractivity contribution in [2.45, 2.75) is 20.8 Å². The third-order valence-electron chi connectivity index (χ3n) is 4.12. The van der Waals surface area contributed by atoms with Crippen molar-refractivity contribution in [1.29, 1.82) is 0 Å². The number of urea groups is 1. The molecule has 0 saturated carbocycles. The van der Waals surface area contributed by atoms with Crippen LogP contribution in [0.4, 0.5) is 10.6 Å². The van der Waals surface area contributed by atoms with Crippen LogP contribution in [-0.4, -0.2) is 67.1 Å². The summed E-state index contributed by atoms with van der Waals surface area (Å²) >= 11 is 0. The molecule has 2 amide bonds. The van der Waals surface area contributed by atoms with Gasteiger partial charge in [0.1, 0.15) is 5.82 Å². The highest BCUT2D eigenvalue weighted by Gasteiger charge is 2.16. The molecule has 2 heterocycles. The number of carbonyl (C=O) groups is 1. The molecule has 1 saturated heterocycles. The fourth-order valence-electron chi connectivity index (χ4n) is 2.87. The zero-order chi connectivity index (χ0) is 16.8. The first-order chi connectivity index (χ1) is 10.9. The number of rotatable bonds is 5. The van der Waals surface area contributed by atoms with Crippen molar-refractivity contribution in [1.82, 2.24) is 20.1 Å². The fourth-order valence-corrected chi connectivity index (χ4v) is 2.87. The summed E-state index contributed by atoms with van der Waals surface area (Å²) in [6.45, 7) is 12.3. The lowest BCUT2D eigenvalue weighted by molar-refractivity contribution is 0.138. The van der Waals surface area contributed by atoms with Gasteiger partial charge in [0.25, 0.3) is 0 Å². The minimum atomic E-state index is -0.187. The van der Waals surface area contributed by atoms with Gasteiger partial charge in [-0.25, -0.2) is 9.78 Å². The number of hydrogen-bond acceptors (Lipinski definition) is 4. The van der Waals surface area contributed by atoms with E-state index in [4.69, 9.17) is 0 Å². The average molecular weight is 319 g/mol. The van der Waals surface area contributed by atoms with E-state index in [1.807, 2.05) is 26.0 Å². The molecule has 0 aromatic carbocycles. The normalized spacial score (nSPS) is 17.7. The van der Waals surface area contributed by atoms with Gasteiger partial charge in [0.15, 0.2) is 0 Å². The number of aromatic nitrogens is 1. The van der Waals surface area contributed by atoms with Gasteiger partial charge in [-0.2, -0.15) is 0 Å². The smallest absolute Gasteiger partial charge is 0.320 e. The minimum absolute atomic E-state index is 0.187. The molecule has 0 bridgehead atoms. The lowest BCUT2D eigenvalue weighted by atomic mass is 10.1. The molecule has 1 atom stereocenters. The van der Waals surface area contributed by atoms with Crippen LogP contribution in [0, 0.1) is 19.8 Å². The third kappa shape index (κ3) is 6.15. The fraction of sp³-hybridized carbons (Fsp3) is 0.647. The van der Waals surface area contributed by atoms with Crippen molar-refractivity contribution >= 4 is 11.8 Å². The van der Waals surface area contributed by atoms with Crippen molar-refractivity contribution in [2.75, 3.05) is 51.6 Å². The van der Waals surface area contributed by atoms with Gasteiger partial charge in [-0.05, 0) is 44.5 Å². The van der Waals surface area contributed by atoms with Crippen LogP contribution < -0.4 is 10.6 Å². The van der Waals surface area contributed by atoms with Gasteiger partial charge in [-0.15, -0.1) is 0 Å². The maximum atomic E-state index is 12.0. The Morgan fingerprint density at radius 3 is 2.61 bits per heavy atom. The SMILES string of the molecule is Cc1cc(C)nc(NC(=O)NC[C@H](C)CN2CCN(C)CC2)c1. The molecule has 0 spiro atoms. The molecule has 1 aliphatic heterocycles. The van der Waals surface area contributed by atoms with Crippen molar-refractivity contribution in [2.24, 2.45) is 5.92 Å². The summed E-state index contributed by atoms with van der Waals surface area (Å²) in [5.74, 6) is 1.03. The Hall–Kier alpha value is -1.66. The van der Waals surface area contributed by atoms with Crippen molar-refractivity contribution in [3.05, 3.63) is 23.4 Å². The lowest BCUT2D eigenvalue weighted by Crippen LogP contribution is -2.47. The van der Waals surface area contributed by atoms with Crippen LogP contribution in [0.25, 0.3) is 0 Å². The molecule has 0 unspecified atom stereocenters. The van der Waals surface area contributed by atoms with Crippen LogP contribution in [0.15, 0.2) is 12.1 Å². The first-order valence-corrected chi connectivity index (χ1v) is 8.33. The Morgan fingerprint density at radius 2 is 1.96 bits per heavy atom. The summed E-state index contributed by atoms with van der Waals surface area (Å²) in [6.07, 6.45) is 0. The average Bonchev–Trinajstić information content (AvgIpc) is 2.46. The molecule has 1 aromatic heterocycles. The number of aryl methyl sites for hydroxylation is 2. The second kappa shape index (κ2) is 8.26. The zero-order valence-electron chi connectivity index (χ0n) is 14.7. The summed E-state index contributed by atoms with van der Waals surface area (Å²) in [6, 6.07) is 3.68. The van der Waals surface area contributed by atoms with Gasteiger partial charge in [0.2, 0.25) is 0 Å². The van der Waals surface area contributed by atoms with Crippen molar-refractivity contribution in [3.8, 4) is 0 Å². The predicted octanol–water partition coefficient (Wildman–Crippen LogP) is 1.70. The van der Waals surface area contributed by atoms with Crippen LogP contribution in [0.2, 0.25) is 0 Å². The van der Waals surface area contributed by atoms with E-state index in [-0.39, 0.29) is 6.03 Å². The summed E-state index contributed by atoms with van der Waals surface area (Å²) < 4.78 is 0. The number of piperazine rings is 1. The third-order valence-corrected chi connectivity index (χ3v) is 4.12. The first kappa shape index (κ1) is 17.7. The molecular formula is C17H29N5O. The molecule has 2 rings (SSSR count). The number of amides is 2. The van der Waals surface area contributed by atoms with Crippen LogP contribution in [0.3, 0.4) is 0 Å². The van der Waals surface area contributed by atoms with Crippen LogP contribution in [0.5, 0.6) is 0 Å². The highest BCUT2D eigenvalue weighted by atomic mass is 16.2. The standard InChI is InChI=1S/C17H29N5O/c1-13-9-15(3)19-16(10-13)20-17(23)18-11-14(2)12-22-7-5-21(4)6-8-22/h9-10,14H,5-8,11-12H2,1-4H3,(H2,18,19,20,23)/t14-/m0/s1. The monoisotopic (exact) mass is 319 g/mol. The van der Waals surface area contributed by atoms with Gasteiger partial charge in [0.05, 0.1) is 0 Å². The highest BCUT2D eigenvalue weighted by Crippen LogP contribution is 2.09. The quantitative estimate of drug-likeness (QED) is 0.867. The first-order valence-electron chi connectivity index (χ1n) is 8.33. The zero-order valence-corrected chi connectivity index (χ0v) is 14.7. The second-order valence-corrected chi connectivity index (χ2v) is 6.72. The molecule has 1 fully saturated rings. The molecule has 1 aliphatic rings. The molecule has 0 radical (unpaired) electrons. The molecular weight excluding hydrogens is 290 g/mol. The van der Waals surface area contributed by atoms with E-state index in [0.717, 1.165) is 44.0 Å². The Balaban J connectivity index is 1.71.